The lowest BCUT2D eigenvalue weighted by Crippen LogP contribution is -2.50. The molecule has 1 heterocycles. The molecule has 2 atom stereocenters. The number of carboxylic acid groups (broad SMARTS) is 1. The first-order chi connectivity index (χ1) is 14.7. The van der Waals surface area contributed by atoms with Crippen LogP contribution in [0.15, 0.2) is 42.5 Å². The molecule has 0 aromatic heterocycles. The van der Waals surface area contributed by atoms with Gasteiger partial charge in [0.15, 0.2) is 11.5 Å². The predicted molar refractivity (Wildman–Crippen MR) is 107 cm³/mol. The molecule has 0 aliphatic carbocycles. The van der Waals surface area contributed by atoms with E-state index in [2.05, 4.69) is 0 Å². The number of carbonyl (C=O) groups excluding carboxylic acids is 1. The highest BCUT2D eigenvalue weighted by Gasteiger charge is 2.51. The molecule has 1 fully saturated rings. The standard InChI is InChI=1S/C21H21FN2O7/c1-21(20(26)27)10-14(22)11-23(21)19(25)15-8-17(30-2)18(9-16(15)24(28)29)31-12-13-6-4-3-5-7-13/h3-9,14H,10-12H2,1-2H3,(H,26,27)/t14?,21-/m0/s1. The quantitative estimate of drug-likeness (QED) is 0.527. The van der Waals surface area contributed by atoms with E-state index in [0.29, 0.717) is 0 Å². The molecular weight excluding hydrogens is 411 g/mol. The fourth-order valence-corrected chi connectivity index (χ4v) is 3.54. The number of rotatable bonds is 7. The van der Waals surface area contributed by atoms with Crippen LogP contribution in [0.25, 0.3) is 0 Å². The molecule has 2 aromatic carbocycles. The maximum absolute atomic E-state index is 14.0. The molecule has 1 N–H and O–H groups in total. The van der Waals surface area contributed by atoms with Crippen molar-refractivity contribution < 1.29 is 33.5 Å². The summed E-state index contributed by atoms with van der Waals surface area (Å²) >= 11 is 0. The smallest absolute Gasteiger partial charge is 0.329 e. The van der Waals surface area contributed by atoms with Gasteiger partial charge in [-0.3, -0.25) is 14.9 Å². The Morgan fingerprint density at radius 2 is 1.97 bits per heavy atom. The number of halogens is 1. The first kappa shape index (κ1) is 22.0. The average molecular weight is 432 g/mol. The zero-order valence-corrected chi connectivity index (χ0v) is 16.9. The Bertz CT molecular complexity index is 1010. The molecule has 0 radical (unpaired) electrons. The van der Waals surface area contributed by atoms with Crippen molar-refractivity contribution in [1.82, 2.24) is 4.90 Å². The van der Waals surface area contributed by atoms with Gasteiger partial charge in [-0.15, -0.1) is 0 Å². The minimum atomic E-state index is -1.82. The molecular formula is C21H21FN2O7. The SMILES string of the molecule is COc1cc(C(=O)N2CC(F)C[C@@]2(C)C(=O)O)c([N+](=O)[O-])cc1OCc1ccccc1. The number of benzene rings is 2. The number of methoxy groups -OCH3 is 1. The molecule has 0 bridgehead atoms. The lowest BCUT2D eigenvalue weighted by atomic mass is 9.97. The van der Waals surface area contributed by atoms with Crippen molar-refractivity contribution in [3.05, 3.63) is 63.7 Å². The Morgan fingerprint density at radius 1 is 1.29 bits per heavy atom. The van der Waals surface area contributed by atoms with Gasteiger partial charge in [0.05, 0.1) is 24.6 Å². The van der Waals surface area contributed by atoms with Crippen LogP contribution in [-0.2, 0) is 11.4 Å². The number of nitrogens with zero attached hydrogens (tertiary/aromatic N) is 2. The van der Waals surface area contributed by atoms with Crippen LogP contribution >= 0.6 is 0 Å². The molecule has 3 rings (SSSR count). The summed E-state index contributed by atoms with van der Waals surface area (Å²) in [6, 6.07) is 11.3. The van der Waals surface area contributed by atoms with Crippen molar-refractivity contribution in [2.45, 2.75) is 31.7 Å². The number of amides is 1. The van der Waals surface area contributed by atoms with Gasteiger partial charge in [0, 0.05) is 12.5 Å². The lowest BCUT2D eigenvalue weighted by Gasteiger charge is -2.30. The summed E-state index contributed by atoms with van der Waals surface area (Å²) in [4.78, 5) is 36.5. The summed E-state index contributed by atoms with van der Waals surface area (Å²) in [5.41, 5.74) is -2.00. The number of carboxylic acids is 1. The summed E-state index contributed by atoms with van der Waals surface area (Å²) in [5.74, 6) is -2.26. The maximum Gasteiger partial charge on any atom is 0.329 e. The van der Waals surface area contributed by atoms with E-state index in [9.17, 15) is 29.2 Å². The number of aliphatic carboxylic acids is 1. The molecule has 164 valence electrons. The van der Waals surface area contributed by atoms with Crippen LogP contribution in [0.2, 0.25) is 0 Å². The topological polar surface area (TPSA) is 119 Å². The normalized spacial score (nSPS) is 20.4. The van der Waals surface area contributed by atoms with Crippen LogP contribution in [0.4, 0.5) is 10.1 Å². The zero-order valence-electron chi connectivity index (χ0n) is 16.9. The molecule has 2 aromatic rings. The molecule has 1 aliphatic heterocycles. The van der Waals surface area contributed by atoms with Crippen LogP contribution in [-0.4, -0.2) is 52.2 Å². The van der Waals surface area contributed by atoms with Gasteiger partial charge in [0.1, 0.15) is 23.9 Å². The van der Waals surface area contributed by atoms with E-state index in [4.69, 9.17) is 9.47 Å². The van der Waals surface area contributed by atoms with E-state index in [1.54, 1.807) is 0 Å². The highest BCUT2D eigenvalue weighted by Crippen LogP contribution is 2.39. The van der Waals surface area contributed by atoms with Crippen LogP contribution in [0.5, 0.6) is 11.5 Å². The number of ether oxygens (including phenoxy) is 2. The molecule has 9 nitrogen and oxygen atoms in total. The monoisotopic (exact) mass is 432 g/mol. The summed E-state index contributed by atoms with van der Waals surface area (Å²) in [7, 11) is 1.31. The average Bonchev–Trinajstić information content (AvgIpc) is 3.07. The van der Waals surface area contributed by atoms with Gasteiger partial charge in [0.25, 0.3) is 11.6 Å². The van der Waals surface area contributed by atoms with Gasteiger partial charge >= 0.3 is 5.97 Å². The van der Waals surface area contributed by atoms with Crippen LogP contribution in [0.1, 0.15) is 29.3 Å². The summed E-state index contributed by atoms with van der Waals surface area (Å²) < 4.78 is 24.9. The Labute approximate surface area is 177 Å². The molecule has 10 heteroatoms. The predicted octanol–water partition coefficient (Wildman–Crippen LogP) is 3.21. The van der Waals surface area contributed by atoms with Crippen molar-refractivity contribution in [3.8, 4) is 11.5 Å². The van der Waals surface area contributed by atoms with Gasteiger partial charge < -0.3 is 19.5 Å². The van der Waals surface area contributed by atoms with E-state index < -0.39 is 52.7 Å². The number of nitro benzene ring substituents is 1. The summed E-state index contributed by atoms with van der Waals surface area (Å²) in [6.07, 6.45) is -1.96. The minimum Gasteiger partial charge on any atom is -0.493 e. The first-order valence-corrected chi connectivity index (χ1v) is 9.40. The van der Waals surface area contributed by atoms with E-state index in [0.717, 1.165) is 22.6 Å². The Hall–Kier alpha value is -3.69. The Kier molecular flexibility index (Phi) is 6.09. The third-order valence-corrected chi connectivity index (χ3v) is 5.25. The van der Waals surface area contributed by atoms with Gasteiger partial charge in [-0.1, -0.05) is 30.3 Å². The zero-order chi connectivity index (χ0) is 22.8. The fraction of sp³-hybridized carbons (Fsp3) is 0.333. The molecule has 1 amide bonds. The van der Waals surface area contributed by atoms with E-state index in [1.807, 2.05) is 30.3 Å². The number of alkyl halides is 1. The summed E-state index contributed by atoms with van der Waals surface area (Å²) in [6.45, 7) is 0.842. The third kappa shape index (κ3) is 4.27. The number of hydrogen-bond acceptors (Lipinski definition) is 6. The molecule has 1 saturated heterocycles. The van der Waals surface area contributed by atoms with Crippen LogP contribution in [0.3, 0.4) is 0 Å². The van der Waals surface area contributed by atoms with Gasteiger partial charge in [-0.05, 0) is 12.5 Å². The van der Waals surface area contributed by atoms with Crippen LogP contribution < -0.4 is 9.47 Å². The number of nitro groups is 1. The van der Waals surface area contributed by atoms with Crippen molar-refractivity contribution in [1.29, 1.82) is 0 Å². The van der Waals surface area contributed by atoms with Gasteiger partial charge in [0.2, 0.25) is 0 Å². The Morgan fingerprint density at radius 3 is 2.55 bits per heavy atom. The highest BCUT2D eigenvalue weighted by atomic mass is 19.1. The van der Waals surface area contributed by atoms with Crippen molar-refractivity contribution in [2.24, 2.45) is 0 Å². The Balaban J connectivity index is 1.99. The highest BCUT2D eigenvalue weighted by molar-refractivity contribution is 6.02. The largest absolute Gasteiger partial charge is 0.493 e. The van der Waals surface area contributed by atoms with Gasteiger partial charge in [-0.2, -0.15) is 0 Å². The van der Waals surface area contributed by atoms with Crippen LogP contribution in [0, 0.1) is 10.1 Å². The number of hydrogen-bond donors (Lipinski definition) is 1. The second-order valence-electron chi connectivity index (χ2n) is 7.35. The summed E-state index contributed by atoms with van der Waals surface area (Å²) in [5, 5.41) is 21.2. The third-order valence-electron chi connectivity index (χ3n) is 5.25. The van der Waals surface area contributed by atoms with Crippen molar-refractivity contribution in [3.63, 3.8) is 0 Å². The molecule has 1 aliphatic rings. The fourth-order valence-electron chi connectivity index (χ4n) is 3.54. The number of carbonyl (C=O) groups is 2. The number of likely N-dealkylation sites (tertiary alicyclic amines) is 1. The second kappa shape index (κ2) is 8.58. The minimum absolute atomic E-state index is 0.0420. The van der Waals surface area contributed by atoms with E-state index in [1.165, 1.54) is 14.0 Å². The first-order valence-electron chi connectivity index (χ1n) is 9.40. The molecule has 0 spiro atoms. The molecule has 0 saturated carbocycles. The van der Waals surface area contributed by atoms with Crippen molar-refractivity contribution >= 4 is 17.6 Å². The van der Waals surface area contributed by atoms with Gasteiger partial charge in [-0.25, -0.2) is 9.18 Å². The second-order valence-corrected chi connectivity index (χ2v) is 7.35. The lowest BCUT2D eigenvalue weighted by molar-refractivity contribution is -0.385. The maximum atomic E-state index is 14.0. The van der Waals surface area contributed by atoms with E-state index >= 15 is 0 Å². The molecule has 31 heavy (non-hydrogen) atoms. The van der Waals surface area contributed by atoms with Crippen molar-refractivity contribution in [2.75, 3.05) is 13.7 Å². The van der Waals surface area contributed by atoms with E-state index in [-0.39, 0.29) is 18.1 Å². The molecule has 1 unspecified atom stereocenters.